The van der Waals surface area contributed by atoms with Gasteiger partial charge in [0.2, 0.25) is 0 Å². The maximum absolute atomic E-state index is 6.18. The lowest BCUT2D eigenvalue weighted by atomic mass is 10.2. The summed E-state index contributed by atoms with van der Waals surface area (Å²) in [5.41, 5.74) is 8.02. The minimum absolute atomic E-state index is 0.149. The average molecular weight is 235 g/mol. The first-order chi connectivity index (χ1) is 8.18. The predicted octanol–water partition coefficient (Wildman–Crippen LogP) is 1.47. The number of hydrogen-bond acceptors (Lipinski definition) is 4. The number of nitrogens with two attached hydrogens (primary N) is 1. The number of para-hydroxylation sites is 1. The van der Waals surface area contributed by atoms with Crippen LogP contribution in [-0.4, -0.2) is 32.3 Å². The van der Waals surface area contributed by atoms with Gasteiger partial charge < -0.3 is 20.7 Å². The minimum atomic E-state index is 0.149. The molecule has 0 amide bonds. The van der Waals surface area contributed by atoms with E-state index < -0.39 is 0 Å². The van der Waals surface area contributed by atoms with Gasteiger partial charge in [-0.05, 0) is 26.0 Å². The molecule has 1 saturated heterocycles. The van der Waals surface area contributed by atoms with Crippen LogP contribution in [0.15, 0.2) is 18.2 Å². The van der Waals surface area contributed by atoms with Crippen LogP contribution >= 0.6 is 0 Å². The molecule has 1 aromatic carbocycles. The summed E-state index contributed by atoms with van der Waals surface area (Å²) in [6.45, 7) is 8.03. The summed E-state index contributed by atoms with van der Waals surface area (Å²) in [6, 6.07) is 6.00. The zero-order valence-electron chi connectivity index (χ0n) is 10.6. The third-order valence-electron chi connectivity index (χ3n) is 2.86. The van der Waals surface area contributed by atoms with E-state index in [0.29, 0.717) is 0 Å². The second-order valence-corrected chi connectivity index (χ2v) is 4.59. The molecule has 17 heavy (non-hydrogen) atoms. The lowest BCUT2D eigenvalue weighted by molar-refractivity contribution is 0.244. The van der Waals surface area contributed by atoms with Crippen molar-refractivity contribution < 1.29 is 4.74 Å². The molecule has 1 aliphatic heterocycles. The van der Waals surface area contributed by atoms with Gasteiger partial charge in [0.25, 0.3) is 0 Å². The SMILES string of the molecule is CC(C)Oc1cccc(N2CCNCC2)c1N. The molecule has 2 rings (SSSR count). The first-order valence-electron chi connectivity index (χ1n) is 6.19. The van der Waals surface area contributed by atoms with Crippen LogP contribution in [0.3, 0.4) is 0 Å². The van der Waals surface area contributed by atoms with Crippen LogP contribution < -0.4 is 20.7 Å². The molecule has 94 valence electrons. The number of piperazine rings is 1. The molecular weight excluding hydrogens is 214 g/mol. The van der Waals surface area contributed by atoms with E-state index in [2.05, 4.69) is 16.3 Å². The quantitative estimate of drug-likeness (QED) is 0.779. The molecule has 1 aromatic rings. The lowest BCUT2D eigenvalue weighted by Gasteiger charge is -2.31. The van der Waals surface area contributed by atoms with Crippen molar-refractivity contribution in [1.82, 2.24) is 5.32 Å². The number of nitrogen functional groups attached to an aromatic ring is 1. The molecule has 1 aliphatic rings. The summed E-state index contributed by atoms with van der Waals surface area (Å²) in [5, 5.41) is 3.34. The highest BCUT2D eigenvalue weighted by atomic mass is 16.5. The normalized spacial score (nSPS) is 16.3. The molecule has 1 heterocycles. The molecule has 0 aromatic heterocycles. The summed E-state index contributed by atoms with van der Waals surface area (Å²) in [6.07, 6.45) is 0.149. The Morgan fingerprint density at radius 1 is 1.29 bits per heavy atom. The van der Waals surface area contributed by atoms with Gasteiger partial charge in [-0.2, -0.15) is 0 Å². The zero-order valence-corrected chi connectivity index (χ0v) is 10.6. The fraction of sp³-hybridized carbons (Fsp3) is 0.538. The first kappa shape index (κ1) is 12.0. The topological polar surface area (TPSA) is 50.5 Å². The number of anilines is 2. The molecule has 0 aliphatic carbocycles. The van der Waals surface area contributed by atoms with Crippen LogP contribution in [0.2, 0.25) is 0 Å². The second kappa shape index (κ2) is 5.27. The summed E-state index contributed by atoms with van der Waals surface area (Å²) in [5.74, 6) is 0.788. The maximum atomic E-state index is 6.18. The number of hydrogen-bond donors (Lipinski definition) is 2. The van der Waals surface area contributed by atoms with E-state index in [1.807, 2.05) is 26.0 Å². The Balaban J connectivity index is 2.21. The van der Waals surface area contributed by atoms with Crippen molar-refractivity contribution in [2.24, 2.45) is 0 Å². The van der Waals surface area contributed by atoms with E-state index in [1.54, 1.807) is 0 Å². The number of nitrogens with one attached hydrogen (secondary N) is 1. The minimum Gasteiger partial charge on any atom is -0.489 e. The Morgan fingerprint density at radius 2 is 2.00 bits per heavy atom. The molecule has 4 heteroatoms. The standard InChI is InChI=1S/C13H21N3O/c1-10(2)17-12-5-3-4-11(13(12)14)16-8-6-15-7-9-16/h3-5,10,15H,6-9,14H2,1-2H3. The van der Waals surface area contributed by atoms with Gasteiger partial charge in [-0.3, -0.25) is 0 Å². The largest absolute Gasteiger partial charge is 0.489 e. The lowest BCUT2D eigenvalue weighted by Crippen LogP contribution is -2.43. The Kier molecular flexibility index (Phi) is 3.74. The van der Waals surface area contributed by atoms with Crippen molar-refractivity contribution in [2.45, 2.75) is 20.0 Å². The van der Waals surface area contributed by atoms with Gasteiger partial charge in [-0.1, -0.05) is 6.07 Å². The third-order valence-corrected chi connectivity index (χ3v) is 2.86. The van der Waals surface area contributed by atoms with Gasteiger partial charge in [0.05, 0.1) is 17.5 Å². The van der Waals surface area contributed by atoms with E-state index >= 15 is 0 Å². The van der Waals surface area contributed by atoms with E-state index in [1.165, 1.54) is 0 Å². The number of ether oxygens (including phenoxy) is 1. The van der Waals surface area contributed by atoms with E-state index in [-0.39, 0.29) is 6.10 Å². The zero-order chi connectivity index (χ0) is 12.3. The molecule has 1 fully saturated rings. The first-order valence-corrected chi connectivity index (χ1v) is 6.19. The van der Waals surface area contributed by atoms with E-state index in [9.17, 15) is 0 Å². The Labute approximate surface area is 103 Å². The summed E-state index contributed by atoms with van der Waals surface area (Å²) in [7, 11) is 0. The van der Waals surface area contributed by atoms with Crippen LogP contribution in [-0.2, 0) is 0 Å². The van der Waals surface area contributed by atoms with Crippen LogP contribution in [0.1, 0.15) is 13.8 Å². The fourth-order valence-corrected chi connectivity index (χ4v) is 2.07. The number of benzene rings is 1. The van der Waals surface area contributed by atoms with Crippen molar-refractivity contribution >= 4 is 11.4 Å². The second-order valence-electron chi connectivity index (χ2n) is 4.59. The van der Waals surface area contributed by atoms with Gasteiger partial charge in [0.15, 0.2) is 0 Å². The van der Waals surface area contributed by atoms with Crippen LogP contribution in [0, 0.1) is 0 Å². The summed E-state index contributed by atoms with van der Waals surface area (Å²) in [4.78, 5) is 2.30. The highest BCUT2D eigenvalue weighted by Crippen LogP contribution is 2.32. The predicted molar refractivity (Wildman–Crippen MR) is 71.7 cm³/mol. The molecule has 0 spiro atoms. The fourth-order valence-electron chi connectivity index (χ4n) is 2.07. The van der Waals surface area contributed by atoms with Crippen molar-refractivity contribution in [3.8, 4) is 5.75 Å². The van der Waals surface area contributed by atoms with Gasteiger partial charge in [0.1, 0.15) is 5.75 Å². The van der Waals surface area contributed by atoms with Crippen molar-refractivity contribution in [1.29, 1.82) is 0 Å². The highest BCUT2D eigenvalue weighted by Gasteiger charge is 2.15. The van der Waals surface area contributed by atoms with Crippen LogP contribution in [0.25, 0.3) is 0 Å². The van der Waals surface area contributed by atoms with Gasteiger partial charge >= 0.3 is 0 Å². The summed E-state index contributed by atoms with van der Waals surface area (Å²) >= 11 is 0. The van der Waals surface area contributed by atoms with Crippen LogP contribution in [0.4, 0.5) is 11.4 Å². The smallest absolute Gasteiger partial charge is 0.144 e. The molecular formula is C13H21N3O. The summed E-state index contributed by atoms with van der Waals surface area (Å²) < 4.78 is 5.71. The van der Waals surface area contributed by atoms with Crippen molar-refractivity contribution in [3.63, 3.8) is 0 Å². The number of nitrogens with zero attached hydrogens (tertiary/aromatic N) is 1. The van der Waals surface area contributed by atoms with Crippen molar-refractivity contribution in [3.05, 3.63) is 18.2 Å². The Hall–Kier alpha value is -1.42. The van der Waals surface area contributed by atoms with Gasteiger partial charge in [-0.15, -0.1) is 0 Å². The third kappa shape index (κ3) is 2.82. The van der Waals surface area contributed by atoms with Gasteiger partial charge in [0, 0.05) is 26.2 Å². The van der Waals surface area contributed by atoms with E-state index in [0.717, 1.165) is 43.3 Å². The highest BCUT2D eigenvalue weighted by molar-refractivity contribution is 5.74. The Bertz CT molecular complexity index is 373. The molecule has 4 nitrogen and oxygen atoms in total. The molecule has 0 saturated carbocycles. The molecule has 0 bridgehead atoms. The molecule has 0 unspecified atom stereocenters. The molecule has 0 atom stereocenters. The molecule has 3 N–H and O–H groups in total. The van der Waals surface area contributed by atoms with E-state index in [4.69, 9.17) is 10.5 Å². The van der Waals surface area contributed by atoms with Crippen LogP contribution in [0.5, 0.6) is 5.75 Å². The monoisotopic (exact) mass is 235 g/mol. The molecule has 0 radical (unpaired) electrons. The Morgan fingerprint density at radius 3 is 2.65 bits per heavy atom. The van der Waals surface area contributed by atoms with Crippen molar-refractivity contribution in [2.75, 3.05) is 36.8 Å². The maximum Gasteiger partial charge on any atom is 0.144 e. The van der Waals surface area contributed by atoms with Gasteiger partial charge in [-0.25, -0.2) is 0 Å². The number of rotatable bonds is 3. The average Bonchev–Trinajstić information content (AvgIpc) is 2.32.